The third kappa shape index (κ3) is 3.92. The lowest BCUT2D eigenvalue weighted by atomic mass is 10.2. The van der Waals surface area contributed by atoms with Crippen LogP contribution in [-0.4, -0.2) is 34.8 Å². The summed E-state index contributed by atoms with van der Waals surface area (Å²) in [5.74, 6) is 0. The van der Waals surface area contributed by atoms with E-state index in [9.17, 15) is 22.4 Å². The van der Waals surface area contributed by atoms with Gasteiger partial charge in [-0.05, 0) is 37.6 Å². The van der Waals surface area contributed by atoms with Gasteiger partial charge in [0.25, 0.3) is 0 Å². The first kappa shape index (κ1) is 17.7. The summed E-state index contributed by atoms with van der Waals surface area (Å²) >= 11 is 1.24. The summed E-state index contributed by atoms with van der Waals surface area (Å²) in [4.78, 5) is 18.7. The van der Waals surface area contributed by atoms with Gasteiger partial charge in [-0.1, -0.05) is 0 Å². The first-order chi connectivity index (χ1) is 11.7. The number of carbonyl (C=O) groups excluding carboxylic acids is 1. The Kier molecular flexibility index (Phi) is 4.68. The smallest absolute Gasteiger partial charge is 0.320 e. The summed E-state index contributed by atoms with van der Waals surface area (Å²) in [6.07, 6.45) is -3.45. The molecule has 0 bridgehead atoms. The molecule has 1 atom stereocenters. The van der Waals surface area contributed by atoms with Crippen molar-refractivity contribution in [3.63, 3.8) is 0 Å². The molecule has 0 unspecified atom stereocenters. The molecule has 1 aliphatic heterocycles. The number of hydrogen-bond donors (Lipinski definition) is 0. The number of carbonyl (C=O) groups is 1. The number of benzene rings is 1. The highest BCUT2D eigenvalue weighted by molar-refractivity contribution is 7.09. The zero-order valence-corrected chi connectivity index (χ0v) is 14.1. The Balaban J connectivity index is 1.93. The molecule has 0 radical (unpaired) electrons. The molecule has 2 amide bonds. The zero-order chi connectivity index (χ0) is 18.2. The van der Waals surface area contributed by atoms with Gasteiger partial charge in [-0.25, -0.2) is 9.18 Å². The van der Waals surface area contributed by atoms with E-state index in [0.717, 1.165) is 17.0 Å². The van der Waals surface area contributed by atoms with E-state index in [2.05, 4.69) is 4.99 Å². The van der Waals surface area contributed by atoms with Crippen molar-refractivity contribution in [1.82, 2.24) is 9.47 Å². The lowest BCUT2D eigenvalue weighted by Gasteiger charge is -2.11. The third-order valence-corrected chi connectivity index (χ3v) is 4.73. The van der Waals surface area contributed by atoms with Crippen molar-refractivity contribution < 1.29 is 22.4 Å². The van der Waals surface area contributed by atoms with E-state index in [4.69, 9.17) is 0 Å². The van der Waals surface area contributed by atoms with E-state index in [-0.39, 0.29) is 6.54 Å². The number of aromatic nitrogens is 1. The summed E-state index contributed by atoms with van der Waals surface area (Å²) in [5.41, 5.74) is -0.280. The largest absolute Gasteiger partial charge is 0.416 e. The van der Waals surface area contributed by atoms with Gasteiger partial charge in [0.05, 0.1) is 12.1 Å². The fraction of sp³-hybridized carbons (Fsp3) is 0.375. The molecular formula is C16H15F4N3OS. The van der Waals surface area contributed by atoms with Crippen molar-refractivity contribution in [3.8, 4) is 5.69 Å². The molecule has 3 rings (SSSR count). The Morgan fingerprint density at radius 3 is 2.52 bits per heavy atom. The van der Waals surface area contributed by atoms with E-state index >= 15 is 0 Å². The normalized spacial score (nSPS) is 18.8. The van der Waals surface area contributed by atoms with Gasteiger partial charge < -0.3 is 4.90 Å². The Morgan fingerprint density at radius 2 is 1.96 bits per heavy atom. The van der Waals surface area contributed by atoms with Crippen LogP contribution in [0.1, 0.15) is 16.9 Å². The Hall–Kier alpha value is -2.16. The van der Waals surface area contributed by atoms with Crippen LogP contribution in [0.25, 0.3) is 5.69 Å². The van der Waals surface area contributed by atoms with Crippen LogP contribution in [-0.2, 0) is 6.18 Å². The van der Waals surface area contributed by atoms with Crippen LogP contribution < -0.4 is 4.80 Å². The molecule has 1 aromatic carbocycles. The molecule has 1 aromatic heterocycles. The zero-order valence-electron chi connectivity index (χ0n) is 13.3. The van der Waals surface area contributed by atoms with Crippen LogP contribution in [0.15, 0.2) is 35.5 Å². The summed E-state index contributed by atoms with van der Waals surface area (Å²) in [5, 5.41) is 0. The average Bonchev–Trinajstić information content (AvgIpc) is 3.12. The third-order valence-electron chi connectivity index (χ3n) is 3.83. The summed E-state index contributed by atoms with van der Waals surface area (Å²) < 4.78 is 52.8. The molecule has 2 heterocycles. The Labute approximate surface area is 145 Å². The SMILES string of the molecule is Cc1cn(-c2ccc(C(F)(F)F)cc2)/c(=N/C(=O)N2CC[C@@H](F)C2)s1. The maximum Gasteiger partial charge on any atom is 0.416 e. The van der Waals surface area contributed by atoms with E-state index in [1.807, 2.05) is 6.92 Å². The fourth-order valence-electron chi connectivity index (χ4n) is 2.57. The van der Waals surface area contributed by atoms with Crippen molar-refractivity contribution in [1.29, 1.82) is 0 Å². The van der Waals surface area contributed by atoms with Crippen molar-refractivity contribution in [3.05, 3.63) is 45.7 Å². The molecule has 4 nitrogen and oxygen atoms in total. The van der Waals surface area contributed by atoms with E-state index in [1.54, 1.807) is 10.8 Å². The minimum Gasteiger partial charge on any atom is -0.320 e. The van der Waals surface area contributed by atoms with Crippen LogP contribution in [0, 0.1) is 6.92 Å². The van der Waals surface area contributed by atoms with Crippen LogP contribution >= 0.6 is 11.3 Å². The summed E-state index contributed by atoms with van der Waals surface area (Å²) in [6.45, 7) is 2.14. The predicted octanol–water partition coefficient (Wildman–Crippen LogP) is 3.93. The van der Waals surface area contributed by atoms with Gasteiger partial charge in [-0.3, -0.25) is 4.57 Å². The minimum atomic E-state index is -4.41. The topological polar surface area (TPSA) is 37.6 Å². The highest BCUT2D eigenvalue weighted by Gasteiger charge is 2.30. The van der Waals surface area contributed by atoms with Gasteiger partial charge in [0.2, 0.25) is 0 Å². The van der Waals surface area contributed by atoms with Gasteiger partial charge in [0.1, 0.15) is 6.17 Å². The first-order valence-corrected chi connectivity index (χ1v) is 8.40. The number of hydrogen-bond acceptors (Lipinski definition) is 2. The molecule has 1 aliphatic rings. The molecule has 1 fully saturated rings. The van der Waals surface area contributed by atoms with Gasteiger partial charge in [-0.2, -0.15) is 18.2 Å². The maximum absolute atomic E-state index is 13.2. The molecule has 0 spiro atoms. The number of thiazole rings is 1. The highest BCUT2D eigenvalue weighted by atomic mass is 32.1. The number of amides is 2. The Morgan fingerprint density at radius 1 is 1.28 bits per heavy atom. The molecule has 1 saturated heterocycles. The van der Waals surface area contributed by atoms with Crippen LogP contribution in [0.3, 0.4) is 0 Å². The van der Waals surface area contributed by atoms with Crippen molar-refractivity contribution in [2.24, 2.45) is 4.99 Å². The standard InChI is InChI=1S/C16H15F4N3OS/c1-10-8-23(13-4-2-11(3-5-13)16(18,19)20)15(25-10)21-14(24)22-7-6-12(17)9-22/h2-5,8,12H,6-7,9H2,1H3/b21-15-/t12-/m1/s1. The monoisotopic (exact) mass is 373 g/mol. The highest BCUT2D eigenvalue weighted by Crippen LogP contribution is 2.29. The van der Waals surface area contributed by atoms with Gasteiger partial charge in [0.15, 0.2) is 4.80 Å². The fourth-order valence-corrected chi connectivity index (χ4v) is 3.40. The molecule has 0 saturated carbocycles. The number of likely N-dealkylation sites (tertiary alicyclic amines) is 1. The second-order valence-electron chi connectivity index (χ2n) is 5.77. The molecular weight excluding hydrogens is 358 g/mol. The lowest BCUT2D eigenvalue weighted by Crippen LogP contribution is -2.28. The van der Waals surface area contributed by atoms with Crippen molar-refractivity contribution in [2.75, 3.05) is 13.1 Å². The number of rotatable bonds is 1. The maximum atomic E-state index is 13.2. The number of aryl methyl sites for hydroxylation is 1. The number of halogens is 4. The van der Waals surface area contributed by atoms with Crippen LogP contribution in [0.4, 0.5) is 22.4 Å². The van der Waals surface area contributed by atoms with E-state index in [1.165, 1.54) is 28.4 Å². The van der Waals surface area contributed by atoms with Gasteiger partial charge in [-0.15, -0.1) is 11.3 Å². The Bertz CT molecular complexity index is 838. The second-order valence-corrected chi connectivity index (χ2v) is 6.98. The molecule has 0 N–H and O–H groups in total. The number of nitrogens with zero attached hydrogens (tertiary/aromatic N) is 3. The quantitative estimate of drug-likeness (QED) is 0.698. The molecule has 0 aliphatic carbocycles. The second kappa shape index (κ2) is 6.62. The van der Waals surface area contributed by atoms with Crippen molar-refractivity contribution >= 4 is 17.4 Å². The number of alkyl halides is 4. The summed E-state index contributed by atoms with van der Waals surface area (Å²) in [6, 6.07) is 4.07. The average molecular weight is 373 g/mol. The van der Waals surface area contributed by atoms with Crippen molar-refractivity contribution in [2.45, 2.75) is 25.7 Å². The van der Waals surface area contributed by atoms with Gasteiger partial charge >= 0.3 is 12.2 Å². The molecule has 25 heavy (non-hydrogen) atoms. The first-order valence-electron chi connectivity index (χ1n) is 7.58. The lowest BCUT2D eigenvalue weighted by molar-refractivity contribution is -0.137. The minimum absolute atomic E-state index is 0.0208. The van der Waals surface area contributed by atoms with Crippen LogP contribution in [0.5, 0.6) is 0 Å². The molecule has 134 valence electrons. The van der Waals surface area contributed by atoms with E-state index < -0.39 is 23.9 Å². The van der Waals surface area contributed by atoms with Gasteiger partial charge in [0, 0.05) is 23.3 Å². The predicted molar refractivity (Wildman–Crippen MR) is 85.4 cm³/mol. The molecule has 9 heteroatoms. The van der Waals surface area contributed by atoms with Crippen LogP contribution in [0.2, 0.25) is 0 Å². The molecule has 2 aromatic rings. The van der Waals surface area contributed by atoms with E-state index in [0.29, 0.717) is 23.5 Å². The summed E-state index contributed by atoms with van der Waals surface area (Å²) in [7, 11) is 0. The number of urea groups is 1.